The molecule has 0 spiro atoms. The second kappa shape index (κ2) is 10.1. The van der Waals surface area contributed by atoms with E-state index >= 15 is 0 Å². The summed E-state index contributed by atoms with van der Waals surface area (Å²) in [5.41, 5.74) is -0.0647. The Morgan fingerprint density at radius 1 is 0.730 bits per heavy atom. The third-order valence-corrected chi connectivity index (χ3v) is 8.37. The Bertz CT molecular complexity index is 1600. The highest BCUT2D eigenvalue weighted by molar-refractivity contribution is 7.97. The number of benzene rings is 2. The molecule has 1 aliphatic rings. The number of ketones is 2. The van der Waals surface area contributed by atoms with Crippen molar-refractivity contribution in [3.63, 3.8) is 0 Å². The Balaban J connectivity index is 1.69. The Labute approximate surface area is 214 Å². The van der Waals surface area contributed by atoms with Crippen molar-refractivity contribution in [3.8, 4) is 0 Å². The molecule has 37 heavy (non-hydrogen) atoms. The number of allylic oxidation sites excluding steroid dienone is 2. The Morgan fingerprint density at radius 3 is 1.86 bits per heavy atom. The van der Waals surface area contributed by atoms with Crippen molar-refractivity contribution in [1.82, 2.24) is 14.9 Å². The summed E-state index contributed by atoms with van der Waals surface area (Å²) in [5, 5.41) is 0. The fourth-order valence-corrected chi connectivity index (χ4v) is 6.19. The smallest absolute Gasteiger partial charge is 0.268 e. The Morgan fingerprint density at radius 2 is 1.30 bits per heavy atom. The minimum atomic E-state index is -4.54. The molecule has 0 radical (unpaired) electrons. The van der Waals surface area contributed by atoms with Crippen molar-refractivity contribution in [2.75, 3.05) is 22.5 Å². The van der Waals surface area contributed by atoms with Crippen molar-refractivity contribution >= 4 is 43.2 Å². The molecule has 11 nitrogen and oxygen atoms in total. The van der Waals surface area contributed by atoms with Gasteiger partial charge < -0.3 is 4.90 Å². The van der Waals surface area contributed by atoms with Crippen LogP contribution in [-0.4, -0.2) is 56.4 Å². The zero-order chi connectivity index (χ0) is 26.8. The summed E-state index contributed by atoms with van der Waals surface area (Å²) in [4.78, 5) is 35.0. The number of carbonyl (C=O) groups is 2. The zero-order valence-electron chi connectivity index (χ0n) is 19.9. The minimum absolute atomic E-state index is 0.000385. The van der Waals surface area contributed by atoms with Crippen molar-refractivity contribution in [3.05, 3.63) is 88.7 Å². The van der Waals surface area contributed by atoms with Crippen molar-refractivity contribution in [1.29, 1.82) is 0 Å². The third-order valence-electron chi connectivity index (χ3n) is 5.61. The topological polar surface area (TPSA) is 156 Å². The van der Waals surface area contributed by atoms with E-state index in [2.05, 4.69) is 19.4 Å². The van der Waals surface area contributed by atoms with Crippen LogP contribution < -0.4 is 9.44 Å². The summed E-state index contributed by atoms with van der Waals surface area (Å²) in [6, 6.07) is 12.4. The largest absolute Gasteiger partial charge is 0.368 e. The van der Waals surface area contributed by atoms with Gasteiger partial charge in [0, 0.05) is 42.3 Å². The maximum atomic E-state index is 13.5. The van der Waals surface area contributed by atoms with Crippen LogP contribution in [0.25, 0.3) is 0 Å². The molecule has 1 heterocycles. The van der Waals surface area contributed by atoms with Gasteiger partial charge in [-0.15, -0.1) is 0 Å². The molecule has 1 aromatic heterocycles. The minimum Gasteiger partial charge on any atom is -0.368 e. The van der Waals surface area contributed by atoms with Crippen LogP contribution in [0.4, 0.5) is 11.6 Å². The predicted octanol–water partition coefficient (Wildman–Crippen LogP) is 2.65. The lowest BCUT2D eigenvalue weighted by Crippen LogP contribution is -2.37. The first-order valence-corrected chi connectivity index (χ1v) is 14.2. The van der Waals surface area contributed by atoms with Crippen LogP contribution in [-0.2, 0) is 20.0 Å². The molecule has 0 atom stereocenters. The fraction of sp³-hybridized carbons (Fsp3) is 0.167. The van der Waals surface area contributed by atoms with E-state index in [1.165, 1.54) is 59.8 Å². The molecule has 0 saturated heterocycles. The van der Waals surface area contributed by atoms with Gasteiger partial charge in [-0.2, -0.15) is 0 Å². The molecule has 0 aliphatic heterocycles. The monoisotopic (exact) mass is 541 g/mol. The van der Waals surface area contributed by atoms with Gasteiger partial charge in [-0.3, -0.25) is 14.3 Å². The number of Topliss-reactive ketones (excluding diaryl/α,β-unsaturated/α-hetero) is 2. The van der Waals surface area contributed by atoms with Gasteiger partial charge in [0.15, 0.2) is 4.91 Å². The number of likely N-dealkylation sites (N-methyl/N-ethyl adjacent to an activating group) is 1. The highest BCUT2D eigenvalue weighted by atomic mass is 32.2. The van der Waals surface area contributed by atoms with Gasteiger partial charge >= 0.3 is 0 Å². The van der Waals surface area contributed by atoms with E-state index in [0.717, 1.165) is 0 Å². The molecule has 0 amide bonds. The number of nitrogens with one attached hydrogen (secondary N) is 2. The summed E-state index contributed by atoms with van der Waals surface area (Å²) >= 11 is 0. The average molecular weight is 542 g/mol. The third kappa shape index (κ3) is 5.08. The molecule has 2 aromatic carbocycles. The number of nitrogens with zero attached hydrogens (tertiary/aromatic N) is 3. The van der Waals surface area contributed by atoms with E-state index in [0.29, 0.717) is 13.1 Å². The normalized spacial score (nSPS) is 13.8. The van der Waals surface area contributed by atoms with Crippen LogP contribution in [0.5, 0.6) is 0 Å². The first-order chi connectivity index (χ1) is 17.6. The fourth-order valence-electron chi connectivity index (χ4n) is 3.86. The van der Waals surface area contributed by atoms with Gasteiger partial charge in [-0.25, -0.2) is 31.5 Å². The highest BCUT2D eigenvalue weighted by Gasteiger charge is 2.41. The number of hydrogen-bond donors (Lipinski definition) is 2. The molecule has 2 N–H and O–H groups in total. The highest BCUT2D eigenvalue weighted by Crippen LogP contribution is 2.32. The van der Waals surface area contributed by atoms with E-state index < -0.39 is 36.5 Å². The molecule has 1 aliphatic carbocycles. The number of anilines is 2. The van der Waals surface area contributed by atoms with E-state index in [-0.39, 0.29) is 33.4 Å². The first kappa shape index (κ1) is 26.0. The maximum Gasteiger partial charge on any atom is 0.268 e. The first-order valence-electron chi connectivity index (χ1n) is 11.2. The lowest BCUT2D eigenvalue weighted by molar-refractivity contribution is 0.0949. The second-order valence-corrected chi connectivity index (χ2v) is 11.2. The summed E-state index contributed by atoms with van der Waals surface area (Å²) in [7, 11) is -8.58. The van der Waals surface area contributed by atoms with Crippen molar-refractivity contribution in [2.24, 2.45) is 0 Å². The van der Waals surface area contributed by atoms with Crippen LogP contribution in [0.15, 0.2) is 82.5 Å². The maximum absolute atomic E-state index is 13.5. The number of fused-ring (bicyclic) bond motifs is 1. The van der Waals surface area contributed by atoms with E-state index in [9.17, 15) is 26.4 Å². The molecule has 4 rings (SSSR count). The van der Waals surface area contributed by atoms with Crippen LogP contribution >= 0.6 is 0 Å². The van der Waals surface area contributed by atoms with Crippen LogP contribution in [0.3, 0.4) is 0 Å². The SMILES string of the molecule is CCN(CC)C1=C(S(=O)(=O)Nc2ccc(S(=O)(=O)Nc3ncccn3)cc2)C(=O)c2ccccc2C1=O. The summed E-state index contributed by atoms with van der Waals surface area (Å²) in [6.07, 6.45) is 2.75. The van der Waals surface area contributed by atoms with Crippen LogP contribution in [0, 0.1) is 0 Å². The molecule has 192 valence electrons. The van der Waals surface area contributed by atoms with Gasteiger partial charge in [-0.05, 0) is 44.2 Å². The Kier molecular flexibility index (Phi) is 7.09. The molecular formula is C24H23N5O6S2. The molecular weight excluding hydrogens is 518 g/mol. The van der Waals surface area contributed by atoms with Gasteiger partial charge in [0.25, 0.3) is 20.0 Å². The van der Waals surface area contributed by atoms with Gasteiger partial charge in [-0.1, -0.05) is 24.3 Å². The van der Waals surface area contributed by atoms with Crippen LogP contribution in [0.1, 0.15) is 34.6 Å². The molecule has 0 saturated carbocycles. The summed E-state index contributed by atoms with van der Waals surface area (Å²) in [5.74, 6) is -1.48. The predicted molar refractivity (Wildman–Crippen MR) is 137 cm³/mol. The zero-order valence-corrected chi connectivity index (χ0v) is 21.5. The number of rotatable bonds is 9. The van der Waals surface area contributed by atoms with Crippen molar-refractivity contribution in [2.45, 2.75) is 18.7 Å². The number of hydrogen-bond acceptors (Lipinski definition) is 9. The molecule has 0 unspecified atom stereocenters. The molecule has 0 fully saturated rings. The number of carbonyl (C=O) groups excluding carboxylic acids is 2. The average Bonchev–Trinajstić information content (AvgIpc) is 2.88. The summed E-state index contributed by atoms with van der Waals surface area (Å²) in [6.45, 7) is 4.10. The van der Waals surface area contributed by atoms with E-state index in [1.54, 1.807) is 26.0 Å². The van der Waals surface area contributed by atoms with Gasteiger partial charge in [0.2, 0.25) is 17.5 Å². The second-order valence-electron chi connectivity index (χ2n) is 7.86. The summed E-state index contributed by atoms with van der Waals surface area (Å²) < 4.78 is 56.7. The molecule has 3 aromatic rings. The van der Waals surface area contributed by atoms with Crippen molar-refractivity contribution < 1.29 is 26.4 Å². The molecule has 13 heteroatoms. The number of aromatic nitrogens is 2. The molecule has 0 bridgehead atoms. The quantitative estimate of drug-likeness (QED) is 0.416. The van der Waals surface area contributed by atoms with E-state index in [4.69, 9.17) is 0 Å². The van der Waals surface area contributed by atoms with Gasteiger partial charge in [0.1, 0.15) is 5.70 Å². The Hall–Kier alpha value is -4.10. The lowest BCUT2D eigenvalue weighted by Gasteiger charge is -2.29. The standard InChI is InChI=1S/C24H23N5O6S2/c1-3-29(4-2)20-21(30)18-8-5-6-9-19(18)22(31)23(20)37(34,35)27-16-10-12-17(13-11-16)36(32,33)28-24-25-14-7-15-26-24/h5-15,27H,3-4H2,1-2H3,(H,25,26,28). The van der Waals surface area contributed by atoms with E-state index in [1.807, 2.05) is 0 Å². The van der Waals surface area contributed by atoms with Gasteiger partial charge in [0.05, 0.1) is 4.90 Å². The van der Waals surface area contributed by atoms with Crippen LogP contribution in [0.2, 0.25) is 0 Å². The number of sulfonamides is 2. The lowest BCUT2D eigenvalue weighted by atomic mass is 9.92.